The molecule has 6 nitrogen and oxygen atoms in total. The van der Waals surface area contributed by atoms with Gasteiger partial charge >= 0.3 is 6.09 Å². The molecule has 1 heterocycles. The zero-order valence-electron chi connectivity index (χ0n) is 10.3. The van der Waals surface area contributed by atoms with Gasteiger partial charge in [-0.15, -0.1) is 0 Å². The highest BCUT2D eigenvalue weighted by molar-refractivity contribution is 5.96. The summed E-state index contributed by atoms with van der Waals surface area (Å²) in [6, 6.07) is 5.93. The third-order valence-electron chi connectivity index (χ3n) is 2.89. The molecule has 0 aromatic heterocycles. The number of ether oxygens (including phenoxy) is 1. The number of carboxylic acid groups (broad SMARTS) is 1. The number of anilines is 1. The SMILES string of the molecule is Nc1cccc(C2(C(F)F)COCC(NC(=O)O)=N2)c1. The average Bonchev–Trinajstić information content (AvgIpc) is 2.38. The van der Waals surface area contributed by atoms with Crippen molar-refractivity contribution in [1.82, 2.24) is 5.32 Å². The van der Waals surface area contributed by atoms with E-state index in [0.717, 1.165) is 0 Å². The molecule has 0 spiro atoms. The van der Waals surface area contributed by atoms with Crippen LogP contribution < -0.4 is 11.1 Å². The largest absolute Gasteiger partial charge is 0.465 e. The van der Waals surface area contributed by atoms with Crippen LogP contribution in [0.5, 0.6) is 0 Å². The summed E-state index contributed by atoms with van der Waals surface area (Å²) in [5.41, 5.74) is 4.14. The van der Waals surface area contributed by atoms with E-state index in [1.807, 2.05) is 5.32 Å². The molecule has 1 aromatic carbocycles. The fourth-order valence-electron chi connectivity index (χ4n) is 1.99. The molecule has 1 aliphatic heterocycles. The van der Waals surface area contributed by atoms with Gasteiger partial charge in [0.05, 0.1) is 6.61 Å². The number of nitrogens with zero attached hydrogens (tertiary/aromatic N) is 1. The van der Waals surface area contributed by atoms with Gasteiger partial charge in [0, 0.05) is 5.69 Å². The maximum Gasteiger partial charge on any atom is 0.410 e. The lowest BCUT2D eigenvalue weighted by Crippen LogP contribution is -2.47. The van der Waals surface area contributed by atoms with Crippen LogP contribution in [0.25, 0.3) is 0 Å². The smallest absolute Gasteiger partial charge is 0.410 e. The molecule has 1 unspecified atom stereocenters. The van der Waals surface area contributed by atoms with Crippen molar-refractivity contribution in [3.63, 3.8) is 0 Å². The molecule has 0 saturated carbocycles. The highest BCUT2D eigenvalue weighted by Crippen LogP contribution is 2.36. The Kier molecular flexibility index (Phi) is 3.84. The number of hydrogen-bond acceptors (Lipinski definition) is 4. The second-order valence-corrected chi connectivity index (χ2v) is 4.33. The second-order valence-electron chi connectivity index (χ2n) is 4.33. The van der Waals surface area contributed by atoms with E-state index in [9.17, 15) is 13.6 Å². The van der Waals surface area contributed by atoms with Crippen molar-refractivity contribution in [2.75, 3.05) is 18.9 Å². The molecular weight excluding hydrogens is 272 g/mol. The van der Waals surface area contributed by atoms with Gasteiger partial charge in [0.1, 0.15) is 12.4 Å². The number of rotatable bonds is 2. The number of nitrogens with two attached hydrogens (primary N) is 1. The molecule has 8 heteroatoms. The Balaban J connectivity index is 2.47. The second kappa shape index (κ2) is 5.41. The fraction of sp³-hybridized carbons (Fsp3) is 0.333. The van der Waals surface area contributed by atoms with Crippen molar-refractivity contribution >= 4 is 17.6 Å². The molecular formula is C12H13F2N3O3. The normalized spacial score (nSPS) is 22.4. The van der Waals surface area contributed by atoms with Gasteiger partial charge in [-0.3, -0.25) is 5.32 Å². The molecule has 1 amide bonds. The van der Waals surface area contributed by atoms with E-state index in [1.165, 1.54) is 18.2 Å². The lowest BCUT2D eigenvalue weighted by Gasteiger charge is -2.33. The number of benzene rings is 1. The minimum absolute atomic E-state index is 0.161. The number of alkyl halides is 2. The first-order valence-corrected chi connectivity index (χ1v) is 5.74. The van der Waals surface area contributed by atoms with Crippen molar-refractivity contribution in [1.29, 1.82) is 0 Å². The third-order valence-corrected chi connectivity index (χ3v) is 2.89. The molecule has 4 N–H and O–H groups in total. The summed E-state index contributed by atoms with van der Waals surface area (Å²) in [7, 11) is 0. The standard InChI is InChI=1S/C12H13F2N3O3/c13-10(14)12(7-2-1-3-8(15)4-7)6-20-5-9(17-12)16-11(18)19/h1-4,10H,5-6,15H2,(H,16,17)(H,18,19). The van der Waals surface area contributed by atoms with Gasteiger partial charge in [-0.2, -0.15) is 0 Å². The number of hydrogen-bond donors (Lipinski definition) is 3. The highest BCUT2D eigenvalue weighted by Gasteiger charge is 2.44. The molecule has 0 bridgehead atoms. The predicted molar refractivity (Wildman–Crippen MR) is 68.0 cm³/mol. The number of nitrogen functional groups attached to an aromatic ring is 1. The summed E-state index contributed by atoms with van der Waals surface area (Å²) in [5.74, 6) is -0.161. The zero-order valence-corrected chi connectivity index (χ0v) is 10.3. The lowest BCUT2D eigenvalue weighted by molar-refractivity contribution is -0.0135. The first-order chi connectivity index (χ1) is 9.44. The van der Waals surface area contributed by atoms with Crippen LogP contribution >= 0.6 is 0 Å². The first-order valence-electron chi connectivity index (χ1n) is 5.74. The number of amides is 1. The molecule has 1 aromatic rings. The van der Waals surface area contributed by atoms with Crippen LogP contribution in [0.1, 0.15) is 5.56 Å². The van der Waals surface area contributed by atoms with Crippen molar-refractivity contribution < 1.29 is 23.4 Å². The predicted octanol–water partition coefficient (Wildman–Crippen LogP) is 1.43. The van der Waals surface area contributed by atoms with E-state index in [4.69, 9.17) is 15.6 Å². The van der Waals surface area contributed by atoms with E-state index in [-0.39, 0.29) is 24.6 Å². The number of carbonyl (C=O) groups is 1. The molecule has 2 rings (SSSR count). The van der Waals surface area contributed by atoms with Gasteiger partial charge in [-0.25, -0.2) is 18.6 Å². The molecule has 0 saturated heterocycles. The van der Waals surface area contributed by atoms with E-state index in [2.05, 4.69) is 4.99 Å². The summed E-state index contributed by atoms with van der Waals surface area (Å²) in [6.45, 7) is -0.512. The average molecular weight is 285 g/mol. The minimum atomic E-state index is -2.87. The van der Waals surface area contributed by atoms with Crippen LogP contribution in [0, 0.1) is 0 Å². The first kappa shape index (κ1) is 14.2. The minimum Gasteiger partial charge on any atom is -0.465 e. The van der Waals surface area contributed by atoms with Crippen LogP contribution in [-0.2, 0) is 10.3 Å². The van der Waals surface area contributed by atoms with Gasteiger partial charge in [0.15, 0.2) is 5.54 Å². The number of amidine groups is 1. The van der Waals surface area contributed by atoms with Gasteiger partial charge in [-0.05, 0) is 17.7 Å². The summed E-state index contributed by atoms with van der Waals surface area (Å²) >= 11 is 0. The van der Waals surface area contributed by atoms with Gasteiger partial charge in [0.2, 0.25) is 0 Å². The topological polar surface area (TPSA) is 96.9 Å². The Morgan fingerprint density at radius 1 is 1.55 bits per heavy atom. The maximum absolute atomic E-state index is 13.5. The summed E-state index contributed by atoms with van der Waals surface area (Å²) in [6.07, 6.45) is -4.25. The quantitative estimate of drug-likeness (QED) is 0.716. The summed E-state index contributed by atoms with van der Waals surface area (Å²) < 4.78 is 32.1. The zero-order chi connectivity index (χ0) is 14.8. The lowest BCUT2D eigenvalue weighted by atomic mass is 9.90. The third kappa shape index (κ3) is 2.69. The molecule has 20 heavy (non-hydrogen) atoms. The van der Waals surface area contributed by atoms with Gasteiger partial charge in [0.25, 0.3) is 6.43 Å². The molecule has 0 fully saturated rings. The maximum atomic E-state index is 13.5. The van der Waals surface area contributed by atoms with Crippen molar-refractivity contribution in [2.24, 2.45) is 4.99 Å². The molecule has 0 aliphatic carbocycles. The van der Waals surface area contributed by atoms with Crippen molar-refractivity contribution in [3.8, 4) is 0 Å². The molecule has 108 valence electrons. The molecule has 1 aliphatic rings. The molecule has 1 atom stereocenters. The Labute approximate surface area is 113 Å². The Bertz CT molecular complexity index is 551. The van der Waals surface area contributed by atoms with E-state index in [0.29, 0.717) is 5.69 Å². The Morgan fingerprint density at radius 2 is 2.30 bits per heavy atom. The Hall–Kier alpha value is -2.22. The Morgan fingerprint density at radius 3 is 2.90 bits per heavy atom. The monoisotopic (exact) mass is 285 g/mol. The van der Waals surface area contributed by atoms with Crippen LogP contribution in [-0.4, -0.2) is 36.7 Å². The van der Waals surface area contributed by atoms with E-state index >= 15 is 0 Å². The highest BCUT2D eigenvalue weighted by atomic mass is 19.3. The van der Waals surface area contributed by atoms with Crippen molar-refractivity contribution in [2.45, 2.75) is 12.0 Å². The van der Waals surface area contributed by atoms with Crippen molar-refractivity contribution in [3.05, 3.63) is 29.8 Å². The van der Waals surface area contributed by atoms with Crippen LogP contribution in [0.4, 0.5) is 19.3 Å². The summed E-state index contributed by atoms with van der Waals surface area (Å²) in [5, 5.41) is 10.6. The van der Waals surface area contributed by atoms with Crippen LogP contribution in [0.2, 0.25) is 0 Å². The van der Waals surface area contributed by atoms with Crippen LogP contribution in [0.15, 0.2) is 29.3 Å². The number of halogens is 2. The number of nitrogens with one attached hydrogen (secondary N) is 1. The fourth-order valence-corrected chi connectivity index (χ4v) is 1.99. The van der Waals surface area contributed by atoms with E-state index < -0.39 is 18.1 Å². The van der Waals surface area contributed by atoms with Gasteiger partial charge in [-0.1, -0.05) is 12.1 Å². The van der Waals surface area contributed by atoms with Gasteiger partial charge < -0.3 is 15.6 Å². The van der Waals surface area contributed by atoms with E-state index in [1.54, 1.807) is 6.07 Å². The number of aliphatic imine (C=N–C) groups is 1. The molecule has 0 radical (unpaired) electrons. The summed E-state index contributed by atoms with van der Waals surface area (Å²) in [4.78, 5) is 14.4. The van der Waals surface area contributed by atoms with Crippen LogP contribution in [0.3, 0.4) is 0 Å².